The van der Waals surface area contributed by atoms with Gasteiger partial charge < -0.3 is 10.4 Å². The van der Waals surface area contributed by atoms with Crippen LogP contribution >= 0.6 is 0 Å². The number of aromatic nitrogens is 2. The van der Waals surface area contributed by atoms with Crippen molar-refractivity contribution in [1.29, 1.82) is 0 Å². The van der Waals surface area contributed by atoms with E-state index in [4.69, 9.17) is 5.11 Å². The third-order valence-electron chi connectivity index (χ3n) is 1.22. The van der Waals surface area contributed by atoms with Crippen LogP contribution in [0.2, 0.25) is 0 Å². The number of anilines is 1. The predicted molar refractivity (Wildman–Crippen MR) is 42.2 cm³/mol. The van der Waals surface area contributed by atoms with Crippen molar-refractivity contribution < 1.29 is 5.11 Å². The van der Waals surface area contributed by atoms with Crippen LogP contribution in [0.1, 0.15) is 6.92 Å². The van der Waals surface area contributed by atoms with Crippen molar-refractivity contribution in [3.63, 3.8) is 0 Å². The molecule has 0 aliphatic rings. The van der Waals surface area contributed by atoms with Crippen LogP contribution in [0.4, 0.5) is 5.95 Å². The Morgan fingerprint density at radius 2 is 2.18 bits per heavy atom. The molecule has 2 N–H and O–H groups in total. The summed E-state index contributed by atoms with van der Waals surface area (Å²) in [4.78, 5) is 7.87. The highest BCUT2D eigenvalue weighted by molar-refractivity contribution is 5.23. The first-order valence-corrected chi connectivity index (χ1v) is 3.47. The molecule has 1 aromatic heterocycles. The minimum absolute atomic E-state index is 0.00241. The van der Waals surface area contributed by atoms with Crippen LogP contribution in [0.15, 0.2) is 18.5 Å². The number of nitrogens with one attached hydrogen (secondary N) is 1. The highest BCUT2D eigenvalue weighted by atomic mass is 16.3. The molecule has 11 heavy (non-hydrogen) atoms. The fourth-order valence-corrected chi connectivity index (χ4v) is 0.640. The van der Waals surface area contributed by atoms with E-state index >= 15 is 0 Å². The lowest BCUT2D eigenvalue weighted by atomic mass is 10.4. The van der Waals surface area contributed by atoms with Crippen LogP contribution in [-0.4, -0.2) is 27.7 Å². The zero-order chi connectivity index (χ0) is 8.10. The first-order valence-electron chi connectivity index (χ1n) is 3.47. The summed E-state index contributed by atoms with van der Waals surface area (Å²) in [7, 11) is 0. The Morgan fingerprint density at radius 3 is 2.73 bits per heavy atom. The van der Waals surface area contributed by atoms with E-state index in [0.29, 0.717) is 5.95 Å². The zero-order valence-corrected chi connectivity index (χ0v) is 6.36. The standard InChI is InChI=1S/C7H11N3O/c1-6(5-11)10-7-8-3-2-4-9-7/h2-4,6,11H,5H2,1H3,(H,8,9,10)/t6-/m0/s1. The van der Waals surface area contributed by atoms with Gasteiger partial charge in [0, 0.05) is 18.4 Å². The Bertz CT molecular complexity index is 202. The molecule has 0 fully saturated rings. The van der Waals surface area contributed by atoms with Gasteiger partial charge in [-0.2, -0.15) is 0 Å². The first kappa shape index (κ1) is 7.94. The molecule has 0 aliphatic heterocycles. The molecule has 0 amide bonds. The first-order chi connectivity index (χ1) is 5.33. The quantitative estimate of drug-likeness (QED) is 0.654. The molecule has 0 unspecified atom stereocenters. The maximum Gasteiger partial charge on any atom is 0.222 e. The molecule has 1 atom stereocenters. The number of aliphatic hydroxyl groups excluding tert-OH is 1. The highest BCUT2D eigenvalue weighted by Crippen LogP contribution is 1.96. The van der Waals surface area contributed by atoms with Crippen molar-refractivity contribution in [1.82, 2.24) is 9.97 Å². The van der Waals surface area contributed by atoms with Crippen molar-refractivity contribution in [3.8, 4) is 0 Å². The Labute approximate surface area is 65.3 Å². The minimum Gasteiger partial charge on any atom is -0.394 e. The van der Waals surface area contributed by atoms with Gasteiger partial charge in [-0.05, 0) is 13.0 Å². The molecular weight excluding hydrogens is 142 g/mol. The van der Waals surface area contributed by atoms with Crippen molar-refractivity contribution in [2.24, 2.45) is 0 Å². The van der Waals surface area contributed by atoms with Crippen molar-refractivity contribution in [2.45, 2.75) is 13.0 Å². The molecule has 4 heteroatoms. The lowest BCUT2D eigenvalue weighted by molar-refractivity contribution is 0.281. The van der Waals surface area contributed by atoms with Gasteiger partial charge in [0.05, 0.1) is 6.61 Å². The fourth-order valence-electron chi connectivity index (χ4n) is 0.640. The van der Waals surface area contributed by atoms with Crippen molar-refractivity contribution in [2.75, 3.05) is 11.9 Å². The summed E-state index contributed by atoms with van der Waals surface area (Å²) in [5.41, 5.74) is 0. The van der Waals surface area contributed by atoms with Crippen LogP contribution < -0.4 is 5.32 Å². The third kappa shape index (κ3) is 2.51. The van der Waals surface area contributed by atoms with Crippen LogP contribution in [0.3, 0.4) is 0 Å². The van der Waals surface area contributed by atoms with Gasteiger partial charge in [0.25, 0.3) is 0 Å². The van der Waals surface area contributed by atoms with E-state index in [-0.39, 0.29) is 12.6 Å². The van der Waals surface area contributed by atoms with Gasteiger partial charge in [-0.15, -0.1) is 0 Å². The molecule has 1 aromatic rings. The van der Waals surface area contributed by atoms with E-state index in [1.807, 2.05) is 6.92 Å². The summed E-state index contributed by atoms with van der Waals surface area (Å²) in [6, 6.07) is 1.74. The zero-order valence-electron chi connectivity index (χ0n) is 6.36. The summed E-state index contributed by atoms with van der Waals surface area (Å²) in [6.07, 6.45) is 3.30. The van der Waals surface area contributed by atoms with E-state index in [9.17, 15) is 0 Å². The monoisotopic (exact) mass is 153 g/mol. The summed E-state index contributed by atoms with van der Waals surface area (Å²) in [5, 5.41) is 11.6. The van der Waals surface area contributed by atoms with Gasteiger partial charge in [-0.3, -0.25) is 0 Å². The summed E-state index contributed by atoms with van der Waals surface area (Å²) >= 11 is 0. The molecule has 0 bridgehead atoms. The lowest BCUT2D eigenvalue weighted by Gasteiger charge is -2.08. The number of hydrogen-bond donors (Lipinski definition) is 2. The summed E-state index contributed by atoms with van der Waals surface area (Å²) < 4.78 is 0. The van der Waals surface area contributed by atoms with Gasteiger partial charge in [0.2, 0.25) is 5.95 Å². The number of hydrogen-bond acceptors (Lipinski definition) is 4. The maximum atomic E-state index is 8.68. The van der Waals surface area contributed by atoms with Gasteiger partial charge in [-0.25, -0.2) is 9.97 Å². The SMILES string of the molecule is C[C@@H](CO)Nc1ncccn1. The molecule has 0 spiro atoms. The summed E-state index contributed by atoms with van der Waals surface area (Å²) in [6.45, 7) is 1.94. The minimum atomic E-state index is -0.00241. The van der Waals surface area contributed by atoms with Gasteiger partial charge in [0.1, 0.15) is 0 Å². The second-order valence-corrected chi connectivity index (χ2v) is 2.30. The fraction of sp³-hybridized carbons (Fsp3) is 0.429. The van der Waals surface area contributed by atoms with Crippen molar-refractivity contribution in [3.05, 3.63) is 18.5 Å². The molecule has 4 nitrogen and oxygen atoms in total. The Balaban J connectivity index is 2.51. The van der Waals surface area contributed by atoms with Gasteiger partial charge in [-0.1, -0.05) is 0 Å². The third-order valence-corrected chi connectivity index (χ3v) is 1.22. The molecule has 0 aromatic carbocycles. The van der Waals surface area contributed by atoms with Crippen LogP contribution in [0.25, 0.3) is 0 Å². The average molecular weight is 153 g/mol. The van der Waals surface area contributed by atoms with E-state index in [2.05, 4.69) is 15.3 Å². The predicted octanol–water partition coefficient (Wildman–Crippen LogP) is 0.269. The van der Waals surface area contributed by atoms with Gasteiger partial charge in [0.15, 0.2) is 0 Å². The van der Waals surface area contributed by atoms with E-state index in [1.165, 1.54) is 0 Å². The Kier molecular flexibility index (Phi) is 2.80. The molecule has 60 valence electrons. The average Bonchev–Trinajstić information content (AvgIpc) is 2.06. The Morgan fingerprint density at radius 1 is 1.55 bits per heavy atom. The molecule has 1 heterocycles. The number of nitrogens with zero attached hydrogens (tertiary/aromatic N) is 2. The van der Waals surface area contributed by atoms with E-state index in [1.54, 1.807) is 18.5 Å². The Hall–Kier alpha value is -1.16. The topological polar surface area (TPSA) is 58.0 Å². The number of rotatable bonds is 3. The molecule has 0 saturated heterocycles. The second kappa shape index (κ2) is 3.88. The van der Waals surface area contributed by atoms with E-state index in [0.717, 1.165) is 0 Å². The van der Waals surface area contributed by atoms with Crippen LogP contribution in [0.5, 0.6) is 0 Å². The molecule has 0 aliphatic carbocycles. The normalized spacial score (nSPS) is 12.5. The maximum absolute atomic E-state index is 8.68. The molecule has 1 rings (SSSR count). The molecule has 0 saturated carbocycles. The lowest BCUT2D eigenvalue weighted by Crippen LogP contribution is -2.20. The highest BCUT2D eigenvalue weighted by Gasteiger charge is 1.99. The van der Waals surface area contributed by atoms with Crippen LogP contribution in [0, 0.1) is 0 Å². The smallest absolute Gasteiger partial charge is 0.222 e. The van der Waals surface area contributed by atoms with Gasteiger partial charge >= 0.3 is 0 Å². The molecule has 0 radical (unpaired) electrons. The largest absolute Gasteiger partial charge is 0.394 e. The van der Waals surface area contributed by atoms with Crippen LogP contribution in [-0.2, 0) is 0 Å². The van der Waals surface area contributed by atoms with Crippen molar-refractivity contribution >= 4 is 5.95 Å². The van der Waals surface area contributed by atoms with E-state index < -0.39 is 0 Å². The second-order valence-electron chi connectivity index (χ2n) is 2.30. The summed E-state index contributed by atoms with van der Waals surface area (Å²) in [5.74, 6) is 0.550. The molecular formula is C7H11N3O. The number of aliphatic hydroxyl groups is 1.